The van der Waals surface area contributed by atoms with E-state index in [9.17, 15) is 0 Å². The van der Waals surface area contributed by atoms with Crippen LogP contribution in [0.25, 0.3) is 0 Å². The topological polar surface area (TPSA) is 42.9 Å². The number of nitrogens with one attached hydrogen (secondary N) is 1. The second-order valence-electron chi connectivity index (χ2n) is 5.22. The maximum Gasteiger partial charge on any atom is 0.161 e. The molecule has 20 heavy (non-hydrogen) atoms. The van der Waals surface area contributed by atoms with Crippen LogP contribution < -0.4 is 14.8 Å². The fraction of sp³-hybridized carbons (Fsp3) is 0.533. The first-order valence-corrected chi connectivity index (χ1v) is 7.80. The third-order valence-electron chi connectivity index (χ3n) is 3.10. The van der Waals surface area contributed by atoms with Gasteiger partial charge >= 0.3 is 0 Å². The van der Waals surface area contributed by atoms with Gasteiger partial charge in [-0.15, -0.1) is 0 Å². The van der Waals surface area contributed by atoms with Crippen LogP contribution in [0.3, 0.4) is 0 Å². The summed E-state index contributed by atoms with van der Waals surface area (Å²) < 4.78 is 10.6. The van der Waals surface area contributed by atoms with Gasteiger partial charge in [-0.1, -0.05) is 25.6 Å². The summed E-state index contributed by atoms with van der Waals surface area (Å²) >= 11 is 1.76. The van der Waals surface area contributed by atoms with E-state index in [2.05, 4.69) is 19.2 Å². The first-order valence-electron chi connectivity index (χ1n) is 6.82. The predicted octanol–water partition coefficient (Wildman–Crippen LogP) is 3.63. The molecular weight excluding hydrogens is 272 g/mol. The molecule has 5 heteroatoms. The van der Waals surface area contributed by atoms with Crippen molar-refractivity contribution in [3.63, 3.8) is 0 Å². The largest absolute Gasteiger partial charge is 0.497 e. The number of methoxy groups -OCH3 is 2. The monoisotopic (exact) mass is 294 g/mol. The summed E-state index contributed by atoms with van der Waals surface area (Å²) in [4.78, 5) is 4.73. The number of ether oxygens (including phenoxy) is 2. The van der Waals surface area contributed by atoms with Gasteiger partial charge in [0.2, 0.25) is 0 Å². The molecule has 1 aromatic carbocycles. The number of anilines is 1. The van der Waals surface area contributed by atoms with E-state index in [-0.39, 0.29) is 0 Å². The lowest BCUT2D eigenvalue weighted by atomic mass is 10.1. The molecule has 1 unspecified atom stereocenters. The van der Waals surface area contributed by atoms with Gasteiger partial charge in [-0.3, -0.25) is 4.99 Å². The van der Waals surface area contributed by atoms with Crippen LogP contribution in [-0.2, 0) is 0 Å². The maximum absolute atomic E-state index is 5.36. The third-order valence-corrected chi connectivity index (χ3v) is 4.14. The van der Waals surface area contributed by atoms with Crippen LogP contribution >= 0.6 is 11.8 Å². The molecule has 0 aliphatic carbocycles. The summed E-state index contributed by atoms with van der Waals surface area (Å²) in [5, 5.41) is 4.31. The number of nitrogens with zero attached hydrogens (tertiary/aromatic N) is 1. The van der Waals surface area contributed by atoms with Crippen molar-refractivity contribution in [2.45, 2.75) is 26.3 Å². The van der Waals surface area contributed by atoms with Gasteiger partial charge in [0, 0.05) is 11.8 Å². The van der Waals surface area contributed by atoms with Crippen LogP contribution in [0.2, 0.25) is 0 Å². The first-order chi connectivity index (χ1) is 9.62. The molecule has 0 amide bonds. The molecule has 0 spiro atoms. The highest BCUT2D eigenvalue weighted by Gasteiger charge is 2.20. The van der Waals surface area contributed by atoms with Gasteiger partial charge < -0.3 is 14.8 Å². The number of thioether (sulfide) groups is 1. The Bertz CT molecular complexity index is 489. The lowest BCUT2D eigenvalue weighted by Gasteiger charge is -2.12. The van der Waals surface area contributed by atoms with Gasteiger partial charge in [-0.05, 0) is 24.5 Å². The number of aliphatic imine (C=N–C) groups is 1. The Kier molecular flexibility index (Phi) is 5.17. The molecule has 1 heterocycles. The van der Waals surface area contributed by atoms with Crippen molar-refractivity contribution in [1.82, 2.24) is 0 Å². The minimum Gasteiger partial charge on any atom is -0.497 e. The molecule has 0 saturated carbocycles. The summed E-state index contributed by atoms with van der Waals surface area (Å²) in [5.41, 5.74) is 0.892. The lowest BCUT2D eigenvalue weighted by Crippen LogP contribution is -2.08. The van der Waals surface area contributed by atoms with Crippen molar-refractivity contribution in [1.29, 1.82) is 0 Å². The number of rotatable bonds is 5. The Labute approximate surface area is 125 Å². The molecule has 4 nitrogen and oxygen atoms in total. The summed E-state index contributed by atoms with van der Waals surface area (Å²) in [6.45, 7) is 4.47. The minimum absolute atomic E-state index is 0.416. The summed E-state index contributed by atoms with van der Waals surface area (Å²) in [6.07, 6.45) is 1.13. The average Bonchev–Trinajstić information content (AvgIpc) is 2.85. The van der Waals surface area contributed by atoms with Gasteiger partial charge in [0.25, 0.3) is 0 Å². The smallest absolute Gasteiger partial charge is 0.161 e. The highest BCUT2D eigenvalue weighted by Crippen LogP contribution is 2.31. The quantitative estimate of drug-likeness (QED) is 0.900. The molecule has 2 rings (SSSR count). The average molecular weight is 294 g/mol. The number of benzene rings is 1. The van der Waals surface area contributed by atoms with E-state index in [1.807, 2.05) is 18.2 Å². The molecule has 110 valence electrons. The fourth-order valence-corrected chi connectivity index (χ4v) is 3.14. The van der Waals surface area contributed by atoms with Crippen molar-refractivity contribution in [2.75, 3.05) is 25.3 Å². The van der Waals surface area contributed by atoms with Crippen LogP contribution in [0.1, 0.15) is 20.3 Å². The van der Waals surface area contributed by atoms with Crippen LogP contribution in [0.4, 0.5) is 5.69 Å². The molecule has 1 atom stereocenters. The van der Waals surface area contributed by atoms with E-state index in [4.69, 9.17) is 14.5 Å². The highest BCUT2D eigenvalue weighted by atomic mass is 32.2. The molecule has 0 aromatic heterocycles. The fourth-order valence-electron chi connectivity index (χ4n) is 2.18. The number of hydrogen-bond donors (Lipinski definition) is 1. The Morgan fingerprint density at radius 3 is 2.80 bits per heavy atom. The second kappa shape index (κ2) is 6.88. The zero-order chi connectivity index (χ0) is 14.5. The second-order valence-corrected chi connectivity index (χ2v) is 6.23. The van der Waals surface area contributed by atoms with Crippen molar-refractivity contribution in [3.8, 4) is 11.5 Å². The van der Waals surface area contributed by atoms with E-state index < -0.39 is 0 Å². The SMILES string of the molecule is COc1ccc(OC)c(NC2=NC(CC(C)C)CS2)c1. The van der Waals surface area contributed by atoms with Gasteiger partial charge in [-0.2, -0.15) is 0 Å². The highest BCUT2D eigenvalue weighted by molar-refractivity contribution is 8.14. The van der Waals surface area contributed by atoms with Crippen LogP contribution in [0, 0.1) is 5.92 Å². The van der Waals surface area contributed by atoms with Gasteiger partial charge in [0.1, 0.15) is 11.5 Å². The Balaban J connectivity index is 2.10. The van der Waals surface area contributed by atoms with E-state index in [0.29, 0.717) is 12.0 Å². The van der Waals surface area contributed by atoms with Gasteiger partial charge in [0.05, 0.1) is 25.9 Å². The molecule has 1 N–H and O–H groups in total. The zero-order valence-corrected chi connectivity index (χ0v) is 13.3. The van der Waals surface area contributed by atoms with Crippen molar-refractivity contribution < 1.29 is 9.47 Å². The normalized spacial score (nSPS) is 18.1. The Morgan fingerprint density at radius 2 is 2.15 bits per heavy atom. The van der Waals surface area contributed by atoms with Crippen molar-refractivity contribution in [2.24, 2.45) is 10.9 Å². The van der Waals surface area contributed by atoms with Crippen molar-refractivity contribution >= 4 is 22.6 Å². The maximum atomic E-state index is 5.36. The van der Waals surface area contributed by atoms with E-state index in [1.165, 1.54) is 0 Å². The summed E-state index contributed by atoms with van der Waals surface area (Å²) in [5.74, 6) is 3.32. The summed E-state index contributed by atoms with van der Waals surface area (Å²) in [7, 11) is 3.32. The van der Waals surface area contributed by atoms with E-state index in [0.717, 1.165) is 34.5 Å². The third kappa shape index (κ3) is 3.82. The zero-order valence-electron chi connectivity index (χ0n) is 12.5. The minimum atomic E-state index is 0.416. The van der Waals surface area contributed by atoms with Gasteiger partial charge in [0.15, 0.2) is 5.17 Å². The predicted molar refractivity (Wildman–Crippen MR) is 86.3 cm³/mol. The number of amidine groups is 1. The van der Waals surface area contributed by atoms with E-state index >= 15 is 0 Å². The number of hydrogen-bond acceptors (Lipinski definition) is 5. The van der Waals surface area contributed by atoms with Crippen LogP contribution in [0.5, 0.6) is 11.5 Å². The molecule has 0 bridgehead atoms. The van der Waals surface area contributed by atoms with Crippen LogP contribution in [0.15, 0.2) is 23.2 Å². The summed E-state index contributed by atoms with van der Waals surface area (Å²) in [6, 6.07) is 6.12. The van der Waals surface area contributed by atoms with Crippen LogP contribution in [-0.4, -0.2) is 31.2 Å². The Hall–Kier alpha value is -1.36. The standard InChI is InChI=1S/C15H22N2O2S/c1-10(2)7-11-9-20-15(16-11)17-13-8-12(18-3)5-6-14(13)19-4/h5-6,8,10-11H,7,9H2,1-4H3,(H,16,17). The Morgan fingerprint density at radius 1 is 1.35 bits per heavy atom. The molecular formula is C15H22N2O2S. The molecule has 0 fully saturated rings. The van der Waals surface area contributed by atoms with Crippen molar-refractivity contribution in [3.05, 3.63) is 18.2 Å². The first kappa shape index (κ1) is 15.0. The van der Waals surface area contributed by atoms with E-state index in [1.54, 1.807) is 26.0 Å². The molecule has 1 aliphatic rings. The molecule has 0 radical (unpaired) electrons. The molecule has 0 saturated heterocycles. The molecule has 1 aliphatic heterocycles. The molecule has 1 aromatic rings. The lowest BCUT2D eigenvalue weighted by molar-refractivity contribution is 0.405. The van der Waals surface area contributed by atoms with Gasteiger partial charge in [-0.25, -0.2) is 0 Å².